The van der Waals surface area contributed by atoms with Crippen molar-refractivity contribution in [2.24, 2.45) is 0 Å². The smallest absolute Gasteiger partial charge is 0.0138 e. The molecule has 0 aliphatic carbocycles. The van der Waals surface area contributed by atoms with Crippen LogP contribution in [0.15, 0.2) is 0 Å². The molecule has 4 heteroatoms. The molecule has 1 unspecified atom stereocenters. The molecule has 1 saturated heterocycles. The van der Waals surface area contributed by atoms with Crippen LogP contribution in [0.4, 0.5) is 0 Å². The van der Waals surface area contributed by atoms with E-state index < -0.39 is 0 Å². The van der Waals surface area contributed by atoms with Gasteiger partial charge < -0.3 is 0 Å². The van der Waals surface area contributed by atoms with Gasteiger partial charge in [-0.05, 0) is 42.3 Å². The molecule has 0 aromatic carbocycles. The fraction of sp³-hybridized carbons (Fsp3) is 1.00. The highest BCUT2D eigenvalue weighted by Gasteiger charge is 2.09. The first-order valence-electron chi connectivity index (χ1n) is 9.28. The second-order valence-corrected chi connectivity index (χ2v) is 11.1. The molecule has 1 aliphatic heterocycles. The van der Waals surface area contributed by atoms with Crippen LogP contribution in [0.5, 0.6) is 0 Å². The molecular formula is C18H36S4. The summed E-state index contributed by atoms with van der Waals surface area (Å²) in [4.78, 5) is 0. The molecule has 0 bridgehead atoms. The van der Waals surface area contributed by atoms with E-state index in [1.807, 2.05) is 0 Å². The first-order chi connectivity index (χ1) is 10.9. The van der Waals surface area contributed by atoms with Crippen LogP contribution < -0.4 is 0 Å². The minimum absolute atomic E-state index is 0.928. The van der Waals surface area contributed by atoms with Crippen molar-refractivity contribution >= 4 is 47.0 Å². The molecule has 1 rings (SSSR count). The van der Waals surface area contributed by atoms with E-state index in [0.29, 0.717) is 0 Å². The first kappa shape index (κ1) is 21.4. The summed E-state index contributed by atoms with van der Waals surface area (Å²) in [5.41, 5.74) is 0. The van der Waals surface area contributed by atoms with E-state index in [9.17, 15) is 0 Å². The quantitative estimate of drug-likeness (QED) is 0.443. The lowest BCUT2D eigenvalue weighted by Crippen LogP contribution is -2.09. The third-order valence-electron chi connectivity index (χ3n) is 3.92. The molecule has 1 heterocycles. The van der Waals surface area contributed by atoms with Crippen LogP contribution in [-0.4, -0.2) is 45.5 Å². The molecule has 0 aromatic heterocycles. The molecule has 0 radical (unpaired) electrons. The lowest BCUT2D eigenvalue weighted by molar-refractivity contribution is 0.589. The Bertz CT molecular complexity index is 209. The van der Waals surface area contributed by atoms with Crippen LogP contribution in [0.1, 0.15) is 64.7 Å². The van der Waals surface area contributed by atoms with Gasteiger partial charge in [0.2, 0.25) is 0 Å². The van der Waals surface area contributed by atoms with Gasteiger partial charge in [-0.15, -0.1) is 0 Å². The first-order valence-corrected chi connectivity index (χ1v) is 13.8. The Morgan fingerprint density at radius 3 is 2.09 bits per heavy atom. The summed E-state index contributed by atoms with van der Waals surface area (Å²) in [7, 11) is 0. The third-order valence-corrected chi connectivity index (χ3v) is 9.14. The Morgan fingerprint density at radius 2 is 1.32 bits per heavy atom. The molecule has 0 amide bonds. The summed E-state index contributed by atoms with van der Waals surface area (Å²) in [6, 6.07) is 0. The van der Waals surface area contributed by atoms with E-state index in [2.05, 4.69) is 54.0 Å². The van der Waals surface area contributed by atoms with Crippen molar-refractivity contribution < 1.29 is 0 Å². The fourth-order valence-electron chi connectivity index (χ4n) is 2.58. The molecular weight excluding hydrogens is 344 g/mol. The van der Waals surface area contributed by atoms with Gasteiger partial charge >= 0.3 is 0 Å². The summed E-state index contributed by atoms with van der Waals surface area (Å²) >= 11 is 8.83. The molecule has 1 fully saturated rings. The van der Waals surface area contributed by atoms with Crippen LogP contribution in [0, 0.1) is 0 Å². The van der Waals surface area contributed by atoms with E-state index in [-0.39, 0.29) is 0 Å². The zero-order chi connectivity index (χ0) is 15.7. The molecule has 0 nitrogen and oxygen atoms in total. The molecule has 1 aliphatic rings. The Morgan fingerprint density at radius 1 is 0.682 bits per heavy atom. The van der Waals surface area contributed by atoms with Gasteiger partial charge in [-0.3, -0.25) is 0 Å². The summed E-state index contributed by atoms with van der Waals surface area (Å²) < 4.78 is 0. The van der Waals surface area contributed by atoms with Crippen LogP contribution in [-0.2, 0) is 0 Å². The zero-order valence-electron chi connectivity index (χ0n) is 14.5. The van der Waals surface area contributed by atoms with Gasteiger partial charge in [0.1, 0.15) is 0 Å². The minimum atomic E-state index is 0.928. The normalized spacial score (nSPS) is 23.0. The summed E-state index contributed by atoms with van der Waals surface area (Å²) in [5, 5.41) is 0.928. The Hall–Kier alpha value is 1.40. The SMILES string of the molecule is CCCCCCCCC1CSCCCSCCSCCCS1. The predicted octanol–water partition coefficient (Wildman–Crippen LogP) is 6.83. The van der Waals surface area contributed by atoms with E-state index in [0.717, 1.165) is 5.25 Å². The third kappa shape index (κ3) is 13.8. The van der Waals surface area contributed by atoms with E-state index >= 15 is 0 Å². The maximum absolute atomic E-state index is 2.31. The van der Waals surface area contributed by atoms with Gasteiger partial charge in [0.25, 0.3) is 0 Å². The molecule has 0 aromatic rings. The fourth-order valence-corrected chi connectivity index (χ4v) is 7.59. The number of thioether (sulfide) groups is 4. The average molecular weight is 381 g/mol. The molecule has 1 atom stereocenters. The monoisotopic (exact) mass is 380 g/mol. The van der Waals surface area contributed by atoms with Crippen molar-refractivity contribution in [2.45, 2.75) is 70.0 Å². The number of unbranched alkanes of at least 4 members (excludes halogenated alkanes) is 5. The molecule has 0 spiro atoms. The van der Waals surface area contributed by atoms with Gasteiger partial charge in [0.15, 0.2) is 0 Å². The predicted molar refractivity (Wildman–Crippen MR) is 115 cm³/mol. The van der Waals surface area contributed by atoms with Gasteiger partial charge in [0.05, 0.1) is 0 Å². The Kier molecular flexibility index (Phi) is 16.8. The Balaban J connectivity index is 2.13. The summed E-state index contributed by atoms with van der Waals surface area (Å²) in [5.74, 6) is 9.66. The maximum atomic E-state index is 2.31. The molecule has 0 N–H and O–H groups in total. The highest BCUT2D eigenvalue weighted by molar-refractivity contribution is 8.04. The number of rotatable bonds is 7. The second kappa shape index (κ2) is 17.2. The largest absolute Gasteiger partial charge is 0.161 e. The van der Waals surface area contributed by atoms with E-state index in [1.54, 1.807) is 0 Å². The topological polar surface area (TPSA) is 0 Å². The second-order valence-electron chi connectivity index (χ2n) is 6.06. The van der Waals surface area contributed by atoms with Crippen LogP contribution in [0.25, 0.3) is 0 Å². The lowest BCUT2D eigenvalue weighted by atomic mass is 10.1. The van der Waals surface area contributed by atoms with Crippen molar-refractivity contribution in [3.05, 3.63) is 0 Å². The highest BCUT2D eigenvalue weighted by Crippen LogP contribution is 2.25. The van der Waals surface area contributed by atoms with Gasteiger partial charge in [-0.2, -0.15) is 47.0 Å². The van der Waals surface area contributed by atoms with Crippen LogP contribution >= 0.6 is 47.0 Å². The minimum Gasteiger partial charge on any atom is -0.161 e. The van der Waals surface area contributed by atoms with Gasteiger partial charge in [0, 0.05) is 22.5 Å². The van der Waals surface area contributed by atoms with Crippen LogP contribution in [0.2, 0.25) is 0 Å². The molecule has 22 heavy (non-hydrogen) atoms. The van der Waals surface area contributed by atoms with E-state index in [4.69, 9.17) is 0 Å². The van der Waals surface area contributed by atoms with Crippen molar-refractivity contribution in [3.8, 4) is 0 Å². The summed E-state index contributed by atoms with van der Waals surface area (Å²) in [6.45, 7) is 2.31. The zero-order valence-corrected chi connectivity index (χ0v) is 17.8. The standard InChI is InChI=1S/C18H36S4/c1-2-3-4-5-6-7-10-18-17-21-13-8-11-19-15-16-20-12-9-14-22-18/h18H,2-17H2,1H3. The van der Waals surface area contributed by atoms with Gasteiger partial charge in [-0.25, -0.2) is 0 Å². The van der Waals surface area contributed by atoms with Crippen LogP contribution in [0.3, 0.4) is 0 Å². The van der Waals surface area contributed by atoms with Gasteiger partial charge in [-0.1, -0.05) is 45.4 Å². The molecule has 132 valence electrons. The van der Waals surface area contributed by atoms with Crippen molar-refractivity contribution in [3.63, 3.8) is 0 Å². The van der Waals surface area contributed by atoms with Crippen molar-refractivity contribution in [1.29, 1.82) is 0 Å². The average Bonchev–Trinajstić information content (AvgIpc) is 2.54. The summed E-state index contributed by atoms with van der Waals surface area (Å²) in [6.07, 6.45) is 12.9. The number of hydrogen-bond donors (Lipinski definition) is 0. The highest BCUT2D eigenvalue weighted by atomic mass is 32.2. The van der Waals surface area contributed by atoms with Crippen molar-refractivity contribution in [1.82, 2.24) is 0 Å². The lowest BCUT2D eigenvalue weighted by Gasteiger charge is -2.17. The molecule has 0 saturated carbocycles. The van der Waals surface area contributed by atoms with Crippen molar-refractivity contribution in [2.75, 3.05) is 40.3 Å². The maximum Gasteiger partial charge on any atom is 0.0138 e. The number of hydrogen-bond acceptors (Lipinski definition) is 4. The Labute approximate surface area is 156 Å². The van der Waals surface area contributed by atoms with E-state index in [1.165, 1.54) is 98.1 Å².